The molecule has 2 rings (SSSR count). The Morgan fingerprint density at radius 2 is 1.85 bits per heavy atom. The fourth-order valence-corrected chi connectivity index (χ4v) is 2.68. The number of rotatable bonds is 4. The van der Waals surface area contributed by atoms with Crippen LogP contribution in [0.25, 0.3) is 0 Å². The van der Waals surface area contributed by atoms with Crippen molar-refractivity contribution >= 4 is 15.9 Å². The molecule has 2 aromatic rings. The minimum atomic E-state index is 0.122. The van der Waals surface area contributed by atoms with Crippen LogP contribution >= 0.6 is 15.9 Å². The number of hydrogen-bond acceptors (Lipinski definition) is 2. The van der Waals surface area contributed by atoms with E-state index >= 15 is 0 Å². The Balaban J connectivity index is 2.51. The Morgan fingerprint density at radius 3 is 2.45 bits per heavy atom. The lowest BCUT2D eigenvalue weighted by molar-refractivity contribution is 0.405. The predicted molar refractivity (Wildman–Crippen MR) is 87.5 cm³/mol. The summed E-state index contributed by atoms with van der Waals surface area (Å²) in [6.07, 6.45) is 0. The van der Waals surface area contributed by atoms with Crippen molar-refractivity contribution in [1.29, 1.82) is 0 Å². The standard InChI is InChI=1S/C17H20BrNO/c1-11-5-8-16(20-4)14(9-11)17(19-3)13-6-7-15(18)12(2)10-13/h5-10,17,19H,1-4H3. The van der Waals surface area contributed by atoms with Gasteiger partial charge in [0.2, 0.25) is 0 Å². The highest BCUT2D eigenvalue weighted by molar-refractivity contribution is 9.10. The third-order valence-corrected chi connectivity index (χ3v) is 4.39. The molecule has 0 saturated heterocycles. The quantitative estimate of drug-likeness (QED) is 0.896. The fraction of sp³-hybridized carbons (Fsp3) is 0.294. The lowest BCUT2D eigenvalue weighted by Gasteiger charge is -2.21. The molecule has 0 bridgehead atoms. The van der Waals surface area contributed by atoms with Crippen LogP contribution < -0.4 is 10.1 Å². The first-order chi connectivity index (χ1) is 9.56. The maximum Gasteiger partial charge on any atom is 0.123 e. The summed E-state index contributed by atoms with van der Waals surface area (Å²) in [5, 5.41) is 3.39. The number of halogens is 1. The monoisotopic (exact) mass is 333 g/mol. The van der Waals surface area contributed by atoms with Crippen molar-refractivity contribution in [3.05, 3.63) is 63.1 Å². The van der Waals surface area contributed by atoms with Crippen molar-refractivity contribution in [3.8, 4) is 5.75 Å². The van der Waals surface area contributed by atoms with Gasteiger partial charge >= 0.3 is 0 Å². The molecule has 1 atom stereocenters. The smallest absolute Gasteiger partial charge is 0.123 e. The molecule has 0 aromatic heterocycles. The average molecular weight is 334 g/mol. The number of ether oxygens (including phenoxy) is 1. The molecule has 0 fully saturated rings. The zero-order chi connectivity index (χ0) is 14.7. The Bertz CT molecular complexity index is 610. The van der Waals surface area contributed by atoms with Gasteiger partial charge in [0.15, 0.2) is 0 Å². The van der Waals surface area contributed by atoms with Crippen LogP contribution in [-0.4, -0.2) is 14.2 Å². The number of hydrogen-bond donors (Lipinski definition) is 1. The van der Waals surface area contributed by atoms with Crippen LogP contribution in [0.5, 0.6) is 5.75 Å². The molecule has 20 heavy (non-hydrogen) atoms. The maximum absolute atomic E-state index is 5.51. The maximum atomic E-state index is 5.51. The number of nitrogens with one attached hydrogen (secondary N) is 1. The van der Waals surface area contributed by atoms with Gasteiger partial charge in [-0.1, -0.05) is 45.8 Å². The van der Waals surface area contributed by atoms with Crippen molar-refractivity contribution in [1.82, 2.24) is 5.32 Å². The fourth-order valence-electron chi connectivity index (χ4n) is 2.43. The van der Waals surface area contributed by atoms with Gasteiger partial charge in [0.1, 0.15) is 5.75 Å². The first-order valence-corrected chi connectivity index (χ1v) is 7.44. The largest absolute Gasteiger partial charge is 0.496 e. The van der Waals surface area contributed by atoms with Gasteiger partial charge < -0.3 is 10.1 Å². The molecular weight excluding hydrogens is 314 g/mol. The molecule has 0 aliphatic rings. The van der Waals surface area contributed by atoms with Crippen molar-refractivity contribution < 1.29 is 4.74 Å². The van der Waals surface area contributed by atoms with Crippen molar-refractivity contribution in [2.45, 2.75) is 19.9 Å². The van der Waals surface area contributed by atoms with Gasteiger partial charge in [-0.2, -0.15) is 0 Å². The van der Waals surface area contributed by atoms with Gasteiger partial charge in [0.25, 0.3) is 0 Å². The molecule has 1 unspecified atom stereocenters. The number of methoxy groups -OCH3 is 1. The second-order valence-electron chi connectivity index (χ2n) is 4.98. The summed E-state index contributed by atoms with van der Waals surface area (Å²) in [5.41, 5.74) is 4.86. The summed E-state index contributed by atoms with van der Waals surface area (Å²) in [7, 11) is 3.69. The molecule has 0 aliphatic heterocycles. The molecule has 0 spiro atoms. The lowest BCUT2D eigenvalue weighted by atomic mass is 9.95. The molecule has 3 heteroatoms. The first kappa shape index (κ1) is 15.1. The molecule has 0 saturated carbocycles. The van der Waals surface area contributed by atoms with Crippen molar-refractivity contribution in [2.24, 2.45) is 0 Å². The zero-order valence-electron chi connectivity index (χ0n) is 12.3. The third kappa shape index (κ3) is 3.05. The zero-order valence-corrected chi connectivity index (χ0v) is 13.9. The van der Waals surface area contributed by atoms with Crippen LogP contribution in [0.3, 0.4) is 0 Å². The molecular formula is C17H20BrNO. The van der Waals surface area contributed by atoms with Gasteiger partial charge in [-0.15, -0.1) is 0 Å². The van der Waals surface area contributed by atoms with Crippen LogP contribution in [0.1, 0.15) is 28.3 Å². The van der Waals surface area contributed by atoms with E-state index in [4.69, 9.17) is 4.74 Å². The van der Waals surface area contributed by atoms with E-state index in [0.717, 1.165) is 15.8 Å². The highest BCUT2D eigenvalue weighted by Crippen LogP contribution is 2.32. The molecule has 0 heterocycles. The van der Waals surface area contributed by atoms with Crippen LogP contribution in [0.2, 0.25) is 0 Å². The van der Waals surface area contributed by atoms with E-state index in [2.05, 4.69) is 65.4 Å². The van der Waals surface area contributed by atoms with Crippen LogP contribution in [0, 0.1) is 13.8 Å². The van der Waals surface area contributed by atoms with Crippen LogP contribution in [0.15, 0.2) is 40.9 Å². The second-order valence-corrected chi connectivity index (χ2v) is 5.83. The normalized spacial score (nSPS) is 12.2. The molecule has 2 aromatic carbocycles. The number of benzene rings is 2. The van der Waals surface area contributed by atoms with E-state index in [1.54, 1.807) is 7.11 Å². The lowest BCUT2D eigenvalue weighted by Crippen LogP contribution is -2.18. The van der Waals surface area contributed by atoms with E-state index < -0.39 is 0 Å². The minimum Gasteiger partial charge on any atom is -0.496 e. The third-order valence-electron chi connectivity index (χ3n) is 3.50. The van der Waals surface area contributed by atoms with E-state index in [0.29, 0.717) is 0 Å². The SMILES string of the molecule is CNC(c1ccc(Br)c(C)c1)c1cc(C)ccc1OC. The summed E-state index contributed by atoms with van der Waals surface area (Å²) in [6, 6.07) is 12.8. The highest BCUT2D eigenvalue weighted by atomic mass is 79.9. The van der Waals surface area contributed by atoms with Gasteiger partial charge in [-0.3, -0.25) is 0 Å². The summed E-state index contributed by atoms with van der Waals surface area (Å²) < 4.78 is 6.64. The first-order valence-electron chi connectivity index (χ1n) is 6.64. The van der Waals surface area contributed by atoms with Gasteiger partial charge in [-0.05, 0) is 44.2 Å². The Labute approximate surface area is 129 Å². The summed E-state index contributed by atoms with van der Waals surface area (Å²) in [4.78, 5) is 0. The summed E-state index contributed by atoms with van der Waals surface area (Å²) in [6.45, 7) is 4.20. The minimum absolute atomic E-state index is 0.122. The van der Waals surface area contributed by atoms with Crippen LogP contribution in [0.4, 0.5) is 0 Å². The predicted octanol–water partition coefficient (Wildman–Crippen LogP) is 4.38. The summed E-state index contributed by atoms with van der Waals surface area (Å²) >= 11 is 3.55. The van der Waals surface area contributed by atoms with E-state index in [1.165, 1.54) is 16.7 Å². The Kier molecular flexibility index (Phi) is 4.84. The number of aryl methyl sites for hydroxylation is 2. The molecule has 106 valence electrons. The molecule has 0 amide bonds. The van der Waals surface area contributed by atoms with Gasteiger partial charge in [-0.25, -0.2) is 0 Å². The Hall–Kier alpha value is -1.32. The van der Waals surface area contributed by atoms with E-state index in [9.17, 15) is 0 Å². The van der Waals surface area contributed by atoms with Crippen molar-refractivity contribution in [3.63, 3.8) is 0 Å². The van der Waals surface area contributed by atoms with Crippen molar-refractivity contribution in [2.75, 3.05) is 14.2 Å². The topological polar surface area (TPSA) is 21.3 Å². The molecule has 0 radical (unpaired) electrons. The molecule has 2 nitrogen and oxygen atoms in total. The summed E-state index contributed by atoms with van der Waals surface area (Å²) in [5.74, 6) is 0.913. The average Bonchev–Trinajstić information content (AvgIpc) is 2.44. The highest BCUT2D eigenvalue weighted by Gasteiger charge is 2.17. The second kappa shape index (κ2) is 6.42. The molecule has 1 N–H and O–H groups in total. The van der Waals surface area contributed by atoms with Gasteiger partial charge in [0.05, 0.1) is 13.2 Å². The van der Waals surface area contributed by atoms with Gasteiger partial charge in [0, 0.05) is 10.0 Å². The Morgan fingerprint density at radius 1 is 1.10 bits per heavy atom. The van der Waals surface area contributed by atoms with E-state index in [1.807, 2.05) is 13.1 Å². The van der Waals surface area contributed by atoms with Crippen LogP contribution in [-0.2, 0) is 0 Å². The molecule has 0 aliphatic carbocycles. The van der Waals surface area contributed by atoms with E-state index in [-0.39, 0.29) is 6.04 Å².